The topological polar surface area (TPSA) is 119 Å². The molecule has 0 aliphatic rings. The quantitative estimate of drug-likeness (QED) is 0.0884. The monoisotopic (exact) mass is 661 g/mol. The highest BCUT2D eigenvalue weighted by molar-refractivity contribution is 9.10. The Morgan fingerprint density at radius 1 is 1.07 bits per heavy atom. The SMILES string of the molecule is O=C(N/N=C\c1cc(Br)ccc1OCc1cccc([N+](=O)[O-])c1)c1ccc(-c2csc(Nc3ccc(Cl)cc3)n2)cc1. The number of rotatable bonds is 10. The minimum Gasteiger partial charge on any atom is -0.488 e. The molecule has 0 fully saturated rings. The molecular formula is C30H21BrClN5O4S. The van der Waals surface area contributed by atoms with Gasteiger partial charge in [0.1, 0.15) is 12.4 Å². The van der Waals surface area contributed by atoms with Gasteiger partial charge in [0.2, 0.25) is 0 Å². The molecule has 0 spiro atoms. The molecule has 4 aromatic carbocycles. The number of nitro benzene ring substituents is 1. The Morgan fingerprint density at radius 2 is 1.86 bits per heavy atom. The highest BCUT2D eigenvalue weighted by atomic mass is 79.9. The average molecular weight is 663 g/mol. The van der Waals surface area contributed by atoms with E-state index in [2.05, 4.69) is 36.8 Å². The molecule has 0 radical (unpaired) electrons. The molecule has 1 heterocycles. The van der Waals surface area contributed by atoms with Gasteiger partial charge in [-0.05, 0) is 60.2 Å². The number of non-ortho nitro benzene ring substituents is 1. The number of thiazole rings is 1. The minimum absolute atomic E-state index is 0.00747. The zero-order valence-electron chi connectivity index (χ0n) is 21.7. The lowest BCUT2D eigenvalue weighted by atomic mass is 10.1. The molecule has 0 bridgehead atoms. The number of nitrogens with zero attached hydrogens (tertiary/aromatic N) is 3. The Kier molecular flexibility index (Phi) is 9.22. The summed E-state index contributed by atoms with van der Waals surface area (Å²) in [6.45, 7) is 0.126. The van der Waals surface area contributed by atoms with Crippen LogP contribution in [-0.2, 0) is 6.61 Å². The molecule has 42 heavy (non-hydrogen) atoms. The maximum atomic E-state index is 12.7. The Morgan fingerprint density at radius 3 is 2.62 bits per heavy atom. The number of aromatic nitrogens is 1. The second-order valence-electron chi connectivity index (χ2n) is 8.84. The van der Waals surface area contributed by atoms with Crippen LogP contribution in [0.5, 0.6) is 5.75 Å². The predicted octanol–water partition coefficient (Wildman–Crippen LogP) is 8.22. The van der Waals surface area contributed by atoms with Crippen molar-refractivity contribution in [2.75, 3.05) is 5.32 Å². The normalized spacial score (nSPS) is 10.9. The first-order valence-corrected chi connectivity index (χ1v) is 14.5. The van der Waals surface area contributed by atoms with Crippen LogP contribution in [0.15, 0.2) is 106 Å². The summed E-state index contributed by atoms with van der Waals surface area (Å²) in [6, 6.07) is 26.0. The number of hydrazone groups is 1. The van der Waals surface area contributed by atoms with E-state index in [1.165, 1.54) is 29.7 Å². The molecule has 0 unspecified atom stereocenters. The number of halogens is 2. The summed E-state index contributed by atoms with van der Waals surface area (Å²) in [5.41, 5.74) is 6.76. The largest absolute Gasteiger partial charge is 0.488 e. The van der Waals surface area contributed by atoms with E-state index >= 15 is 0 Å². The first-order chi connectivity index (χ1) is 20.3. The lowest BCUT2D eigenvalue weighted by molar-refractivity contribution is -0.384. The first-order valence-electron chi connectivity index (χ1n) is 12.4. The lowest BCUT2D eigenvalue weighted by Gasteiger charge is -2.10. The van der Waals surface area contributed by atoms with E-state index < -0.39 is 4.92 Å². The number of nitrogens with one attached hydrogen (secondary N) is 2. The van der Waals surface area contributed by atoms with E-state index in [-0.39, 0.29) is 18.2 Å². The number of hydrogen-bond acceptors (Lipinski definition) is 8. The maximum absolute atomic E-state index is 12.7. The van der Waals surface area contributed by atoms with Crippen molar-refractivity contribution in [2.24, 2.45) is 5.10 Å². The zero-order chi connectivity index (χ0) is 29.5. The third kappa shape index (κ3) is 7.58. The predicted molar refractivity (Wildman–Crippen MR) is 169 cm³/mol. The second kappa shape index (κ2) is 13.4. The number of amides is 1. The molecule has 0 saturated heterocycles. The van der Waals surface area contributed by atoms with Crippen LogP contribution in [0.2, 0.25) is 5.02 Å². The van der Waals surface area contributed by atoms with Crippen LogP contribution in [0.4, 0.5) is 16.5 Å². The van der Waals surface area contributed by atoms with E-state index in [9.17, 15) is 14.9 Å². The maximum Gasteiger partial charge on any atom is 0.271 e. The van der Waals surface area contributed by atoms with Gasteiger partial charge in [-0.2, -0.15) is 5.10 Å². The molecule has 0 saturated carbocycles. The van der Waals surface area contributed by atoms with Crippen LogP contribution in [0.1, 0.15) is 21.5 Å². The average Bonchev–Trinajstić information content (AvgIpc) is 3.46. The molecule has 5 aromatic rings. The third-order valence-corrected chi connectivity index (χ3v) is 7.40. The van der Waals surface area contributed by atoms with Gasteiger partial charge >= 0.3 is 0 Å². The number of benzene rings is 4. The number of ether oxygens (including phenoxy) is 1. The molecule has 12 heteroatoms. The van der Waals surface area contributed by atoms with Gasteiger partial charge in [0.15, 0.2) is 5.13 Å². The molecular weight excluding hydrogens is 642 g/mol. The van der Waals surface area contributed by atoms with Gasteiger partial charge in [0.25, 0.3) is 11.6 Å². The van der Waals surface area contributed by atoms with Crippen LogP contribution in [0, 0.1) is 10.1 Å². The fraction of sp³-hybridized carbons (Fsp3) is 0.0333. The van der Waals surface area contributed by atoms with Crippen LogP contribution < -0.4 is 15.5 Å². The van der Waals surface area contributed by atoms with Gasteiger partial charge in [-0.15, -0.1) is 11.3 Å². The van der Waals surface area contributed by atoms with Crippen molar-refractivity contribution in [3.05, 3.63) is 133 Å². The highest BCUT2D eigenvalue weighted by Crippen LogP contribution is 2.28. The molecule has 0 aliphatic heterocycles. The van der Waals surface area contributed by atoms with E-state index in [0.29, 0.717) is 27.5 Å². The fourth-order valence-corrected chi connectivity index (χ4v) is 5.06. The summed E-state index contributed by atoms with van der Waals surface area (Å²) < 4.78 is 6.68. The Labute approximate surface area is 258 Å². The summed E-state index contributed by atoms with van der Waals surface area (Å²) in [5.74, 6) is 0.121. The Bertz CT molecular complexity index is 1760. The van der Waals surface area contributed by atoms with Crippen molar-refractivity contribution < 1.29 is 14.5 Å². The number of anilines is 2. The molecule has 5 rings (SSSR count). The van der Waals surface area contributed by atoms with Crippen LogP contribution >= 0.6 is 38.9 Å². The van der Waals surface area contributed by atoms with Crippen molar-refractivity contribution in [2.45, 2.75) is 6.61 Å². The van der Waals surface area contributed by atoms with Crippen LogP contribution in [0.25, 0.3) is 11.3 Å². The van der Waals surface area contributed by atoms with Gasteiger partial charge in [-0.25, -0.2) is 10.4 Å². The summed E-state index contributed by atoms with van der Waals surface area (Å²) >= 11 is 10.8. The van der Waals surface area contributed by atoms with Gasteiger partial charge < -0.3 is 10.1 Å². The number of carbonyl (C=O) groups is 1. The number of carbonyl (C=O) groups excluding carboxylic acids is 1. The summed E-state index contributed by atoms with van der Waals surface area (Å²) in [4.78, 5) is 27.9. The summed E-state index contributed by atoms with van der Waals surface area (Å²) in [6.07, 6.45) is 1.48. The van der Waals surface area contributed by atoms with Crippen LogP contribution in [-0.4, -0.2) is 22.0 Å². The van der Waals surface area contributed by atoms with E-state index in [0.717, 1.165) is 26.5 Å². The Balaban J connectivity index is 1.20. The van der Waals surface area contributed by atoms with Crippen molar-refractivity contribution in [1.29, 1.82) is 0 Å². The number of hydrogen-bond donors (Lipinski definition) is 2. The summed E-state index contributed by atoms with van der Waals surface area (Å²) in [5, 5.41) is 21.7. The van der Waals surface area contributed by atoms with Gasteiger partial charge in [-0.3, -0.25) is 14.9 Å². The van der Waals surface area contributed by atoms with Crippen molar-refractivity contribution in [3.8, 4) is 17.0 Å². The molecule has 2 N–H and O–H groups in total. The van der Waals surface area contributed by atoms with Gasteiger partial charge in [0, 0.05) is 49.4 Å². The first kappa shape index (κ1) is 28.9. The van der Waals surface area contributed by atoms with E-state index in [1.54, 1.807) is 54.6 Å². The smallest absolute Gasteiger partial charge is 0.271 e. The highest BCUT2D eigenvalue weighted by Gasteiger charge is 2.10. The zero-order valence-corrected chi connectivity index (χ0v) is 24.8. The minimum atomic E-state index is -0.450. The van der Waals surface area contributed by atoms with Crippen LogP contribution in [0.3, 0.4) is 0 Å². The molecule has 0 aliphatic carbocycles. The fourth-order valence-electron chi connectivity index (χ4n) is 3.81. The molecule has 1 amide bonds. The molecule has 0 atom stereocenters. The van der Waals surface area contributed by atoms with Crippen molar-refractivity contribution in [3.63, 3.8) is 0 Å². The third-order valence-electron chi connectivity index (χ3n) is 5.90. The standard InChI is InChI=1S/C30H21BrClN5O4S/c31-23-8-13-28(41-17-19-2-1-3-26(14-19)37(39)40)22(15-23)16-33-36-29(38)21-6-4-20(5-7-21)27-18-42-30(35-27)34-25-11-9-24(32)10-12-25/h1-16,18H,17H2,(H,34,35)(H,36,38)/b33-16-. The second-order valence-corrected chi connectivity index (χ2v) is 11.1. The summed E-state index contributed by atoms with van der Waals surface area (Å²) in [7, 11) is 0. The van der Waals surface area contributed by atoms with E-state index in [1.807, 2.05) is 29.6 Å². The molecule has 210 valence electrons. The van der Waals surface area contributed by atoms with Crippen molar-refractivity contribution in [1.82, 2.24) is 10.4 Å². The lowest BCUT2D eigenvalue weighted by Crippen LogP contribution is -2.17. The molecule has 1 aromatic heterocycles. The Hall–Kier alpha value is -4.58. The van der Waals surface area contributed by atoms with Gasteiger partial charge in [-0.1, -0.05) is 51.8 Å². The van der Waals surface area contributed by atoms with E-state index in [4.69, 9.17) is 16.3 Å². The number of nitro groups is 1. The van der Waals surface area contributed by atoms with Crippen molar-refractivity contribution >= 4 is 67.5 Å². The van der Waals surface area contributed by atoms with Gasteiger partial charge in [0.05, 0.1) is 16.8 Å². The molecule has 9 nitrogen and oxygen atoms in total.